The third-order valence-electron chi connectivity index (χ3n) is 3.68. The molecule has 2 aromatic carbocycles. The summed E-state index contributed by atoms with van der Waals surface area (Å²) in [5, 5.41) is 3.34. The van der Waals surface area contributed by atoms with Crippen molar-refractivity contribution >= 4 is 39.2 Å². The van der Waals surface area contributed by atoms with Gasteiger partial charge in [-0.25, -0.2) is 4.79 Å². The van der Waals surface area contributed by atoms with Crippen molar-refractivity contribution in [1.29, 1.82) is 0 Å². The Bertz CT molecular complexity index is 989. The number of carbonyl (C=O) groups excluding carboxylic acids is 2. The van der Waals surface area contributed by atoms with E-state index < -0.39 is 0 Å². The number of hydrogen-bond acceptors (Lipinski definition) is 5. The van der Waals surface area contributed by atoms with Crippen molar-refractivity contribution in [3.8, 4) is 0 Å². The maximum Gasteiger partial charge on any atom is 0.338 e. The first kappa shape index (κ1) is 17.9. The topological polar surface area (TPSA) is 77.4 Å². The molecule has 1 heterocycles. The lowest BCUT2D eigenvalue weighted by atomic mass is 10.2. The van der Waals surface area contributed by atoms with E-state index in [-0.39, 0.29) is 24.0 Å². The van der Waals surface area contributed by atoms with Gasteiger partial charge in [-0.1, -0.05) is 30.6 Å². The highest BCUT2D eigenvalue weighted by molar-refractivity contribution is 7.13. The Balaban J connectivity index is 1.65. The molecule has 0 atom stereocenters. The third-order valence-corrected chi connectivity index (χ3v) is 4.75. The standard InChI is InChI=1S/C19H18N2O4S/c1-2-11-25-19(24)13-7-9-14(10-8-13)20-17(22)12-21-18(23)15-5-3-4-6-16(15)26-21/h3-10H,2,11-12H2,1H3,(H,20,22). The molecule has 1 aromatic heterocycles. The molecule has 3 aromatic rings. The zero-order valence-corrected chi connectivity index (χ0v) is 15.0. The van der Waals surface area contributed by atoms with Crippen molar-refractivity contribution in [3.63, 3.8) is 0 Å². The lowest BCUT2D eigenvalue weighted by Crippen LogP contribution is -2.23. The molecule has 134 valence electrons. The Morgan fingerprint density at radius 1 is 1.12 bits per heavy atom. The number of carbonyl (C=O) groups is 2. The number of nitrogens with one attached hydrogen (secondary N) is 1. The van der Waals surface area contributed by atoms with E-state index in [1.165, 1.54) is 15.5 Å². The highest BCUT2D eigenvalue weighted by Crippen LogP contribution is 2.16. The summed E-state index contributed by atoms with van der Waals surface area (Å²) < 4.78 is 7.33. The molecule has 0 bridgehead atoms. The van der Waals surface area contributed by atoms with Gasteiger partial charge in [0.25, 0.3) is 5.56 Å². The normalized spacial score (nSPS) is 10.7. The van der Waals surface area contributed by atoms with Crippen LogP contribution in [0.5, 0.6) is 0 Å². The van der Waals surface area contributed by atoms with Crippen LogP contribution in [0.3, 0.4) is 0 Å². The Morgan fingerprint density at radius 3 is 2.54 bits per heavy atom. The number of hydrogen-bond donors (Lipinski definition) is 1. The van der Waals surface area contributed by atoms with Gasteiger partial charge >= 0.3 is 5.97 Å². The fourth-order valence-electron chi connectivity index (χ4n) is 2.42. The van der Waals surface area contributed by atoms with E-state index in [1.54, 1.807) is 36.4 Å². The summed E-state index contributed by atoms with van der Waals surface area (Å²) in [6, 6.07) is 13.7. The van der Waals surface area contributed by atoms with Crippen LogP contribution in [-0.2, 0) is 16.1 Å². The number of fused-ring (bicyclic) bond motifs is 1. The van der Waals surface area contributed by atoms with Gasteiger partial charge in [-0.15, -0.1) is 0 Å². The van der Waals surface area contributed by atoms with E-state index >= 15 is 0 Å². The predicted octanol–water partition coefficient (Wildman–Crippen LogP) is 3.27. The zero-order chi connectivity index (χ0) is 18.5. The lowest BCUT2D eigenvalue weighted by molar-refractivity contribution is -0.116. The summed E-state index contributed by atoms with van der Waals surface area (Å²) in [6.07, 6.45) is 0.761. The molecule has 0 saturated carbocycles. The molecule has 3 rings (SSSR count). The molecule has 26 heavy (non-hydrogen) atoms. The summed E-state index contributed by atoms with van der Waals surface area (Å²) in [7, 11) is 0. The second kappa shape index (κ2) is 7.97. The second-order valence-corrected chi connectivity index (χ2v) is 6.75. The first-order chi connectivity index (χ1) is 12.6. The van der Waals surface area contributed by atoms with Crippen molar-refractivity contribution in [1.82, 2.24) is 3.96 Å². The minimum Gasteiger partial charge on any atom is -0.462 e. The number of anilines is 1. The van der Waals surface area contributed by atoms with Gasteiger partial charge in [0.15, 0.2) is 0 Å². The largest absolute Gasteiger partial charge is 0.462 e. The van der Waals surface area contributed by atoms with Crippen LogP contribution >= 0.6 is 11.5 Å². The van der Waals surface area contributed by atoms with Crippen LogP contribution < -0.4 is 10.9 Å². The van der Waals surface area contributed by atoms with E-state index in [0.29, 0.717) is 23.2 Å². The quantitative estimate of drug-likeness (QED) is 0.676. The molecule has 6 nitrogen and oxygen atoms in total. The summed E-state index contributed by atoms with van der Waals surface area (Å²) in [5.74, 6) is -0.693. The van der Waals surface area contributed by atoms with Crippen LogP contribution in [-0.4, -0.2) is 22.4 Å². The number of esters is 1. The van der Waals surface area contributed by atoms with Crippen LogP contribution in [0, 0.1) is 0 Å². The lowest BCUT2D eigenvalue weighted by Gasteiger charge is -2.07. The van der Waals surface area contributed by atoms with Gasteiger partial charge in [0.05, 0.1) is 22.3 Å². The van der Waals surface area contributed by atoms with E-state index in [0.717, 1.165) is 11.1 Å². The van der Waals surface area contributed by atoms with Gasteiger partial charge < -0.3 is 10.1 Å². The van der Waals surface area contributed by atoms with Crippen LogP contribution in [0.4, 0.5) is 5.69 Å². The monoisotopic (exact) mass is 370 g/mol. The Kier molecular flexibility index (Phi) is 5.48. The van der Waals surface area contributed by atoms with Crippen LogP contribution in [0.15, 0.2) is 53.3 Å². The van der Waals surface area contributed by atoms with Gasteiger partial charge in [-0.2, -0.15) is 0 Å². The van der Waals surface area contributed by atoms with Crippen molar-refractivity contribution < 1.29 is 14.3 Å². The van der Waals surface area contributed by atoms with Crippen molar-refractivity contribution in [2.24, 2.45) is 0 Å². The van der Waals surface area contributed by atoms with E-state index in [9.17, 15) is 14.4 Å². The molecule has 0 aliphatic carbocycles. The molecule has 0 unspecified atom stereocenters. The van der Waals surface area contributed by atoms with Crippen molar-refractivity contribution in [2.45, 2.75) is 19.9 Å². The molecule has 1 amide bonds. The molecule has 0 fully saturated rings. The molecule has 7 heteroatoms. The highest BCUT2D eigenvalue weighted by Gasteiger charge is 2.11. The van der Waals surface area contributed by atoms with Gasteiger partial charge in [0.2, 0.25) is 5.91 Å². The van der Waals surface area contributed by atoms with Gasteiger partial charge in [-0.05, 0) is 42.8 Å². The van der Waals surface area contributed by atoms with Crippen molar-refractivity contribution in [2.75, 3.05) is 11.9 Å². The molecule has 0 aliphatic rings. The fraction of sp³-hybridized carbons (Fsp3) is 0.211. The number of amides is 1. The van der Waals surface area contributed by atoms with Crippen molar-refractivity contribution in [3.05, 3.63) is 64.4 Å². The van der Waals surface area contributed by atoms with E-state index in [1.807, 2.05) is 19.1 Å². The molecule has 0 radical (unpaired) electrons. The van der Waals surface area contributed by atoms with E-state index in [2.05, 4.69) is 5.32 Å². The summed E-state index contributed by atoms with van der Waals surface area (Å²) in [6.45, 7) is 2.24. The van der Waals surface area contributed by atoms with Crippen LogP contribution in [0.1, 0.15) is 23.7 Å². The molecular formula is C19H18N2O4S. The first-order valence-corrected chi connectivity index (χ1v) is 9.01. The maximum absolute atomic E-state index is 12.3. The maximum atomic E-state index is 12.3. The van der Waals surface area contributed by atoms with Crippen LogP contribution in [0.25, 0.3) is 10.1 Å². The first-order valence-electron chi connectivity index (χ1n) is 8.24. The van der Waals surface area contributed by atoms with Gasteiger partial charge in [-0.3, -0.25) is 13.5 Å². The Morgan fingerprint density at radius 2 is 1.85 bits per heavy atom. The van der Waals surface area contributed by atoms with E-state index in [4.69, 9.17) is 4.74 Å². The average Bonchev–Trinajstić information content (AvgIpc) is 2.96. The summed E-state index contributed by atoms with van der Waals surface area (Å²) in [4.78, 5) is 36.2. The molecular weight excluding hydrogens is 352 g/mol. The summed E-state index contributed by atoms with van der Waals surface area (Å²) >= 11 is 1.26. The SMILES string of the molecule is CCCOC(=O)c1ccc(NC(=O)Cn2sc3ccccc3c2=O)cc1. The fourth-order valence-corrected chi connectivity index (χ4v) is 3.41. The molecule has 0 aliphatic heterocycles. The highest BCUT2D eigenvalue weighted by atomic mass is 32.1. The molecule has 1 N–H and O–H groups in total. The van der Waals surface area contributed by atoms with Gasteiger partial charge in [0, 0.05) is 5.69 Å². The minimum atomic E-state index is -0.387. The molecule has 0 spiro atoms. The zero-order valence-electron chi connectivity index (χ0n) is 14.2. The Labute approximate surface area is 154 Å². The summed E-state index contributed by atoms with van der Waals surface area (Å²) in [5.41, 5.74) is 0.808. The number of nitrogens with zero attached hydrogens (tertiary/aromatic N) is 1. The smallest absolute Gasteiger partial charge is 0.338 e. The number of ether oxygens (including phenoxy) is 1. The minimum absolute atomic E-state index is 0.0571. The molecule has 0 saturated heterocycles. The average molecular weight is 370 g/mol. The van der Waals surface area contributed by atoms with Crippen LogP contribution in [0.2, 0.25) is 0 Å². The second-order valence-electron chi connectivity index (χ2n) is 5.69. The van der Waals surface area contributed by atoms with Gasteiger partial charge in [0.1, 0.15) is 6.54 Å². The third kappa shape index (κ3) is 4.00. The number of aromatic nitrogens is 1. The number of benzene rings is 2. The predicted molar refractivity (Wildman–Crippen MR) is 102 cm³/mol. The Hall–Kier alpha value is -2.93. The number of rotatable bonds is 6.